The second kappa shape index (κ2) is 7.43. The van der Waals surface area contributed by atoms with Gasteiger partial charge in [-0.3, -0.25) is 4.79 Å². The molecular weight excluding hydrogens is 296 g/mol. The SMILES string of the molecule is C[C@H]1O[C@@H](O)[C@H](OC(=O)C(C)(C)C)C[C@@H]1OCc1ccccc1. The number of esters is 1. The van der Waals surface area contributed by atoms with Crippen LogP contribution in [-0.2, 0) is 25.6 Å². The van der Waals surface area contributed by atoms with Gasteiger partial charge in [0.1, 0.15) is 0 Å². The maximum absolute atomic E-state index is 12.0. The third kappa shape index (κ3) is 5.03. The summed E-state index contributed by atoms with van der Waals surface area (Å²) in [5, 5.41) is 10.0. The number of hydrogen-bond donors (Lipinski definition) is 1. The molecule has 1 N–H and O–H groups in total. The molecule has 0 spiro atoms. The number of aliphatic hydroxyl groups excluding tert-OH is 1. The summed E-state index contributed by atoms with van der Waals surface area (Å²) in [6.07, 6.45) is -1.92. The largest absolute Gasteiger partial charge is 0.456 e. The lowest BCUT2D eigenvalue weighted by Gasteiger charge is -2.38. The van der Waals surface area contributed by atoms with Gasteiger partial charge >= 0.3 is 5.97 Å². The molecule has 128 valence electrons. The quantitative estimate of drug-likeness (QED) is 0.863. The highest BCUT2D eigenvalue weighted by atomic mass is 16.7. The molecule has 5 heteroatoms. The Balaban J connectivity index is 1.94. The van der Waals surface area contributed by atoms with Crippen LogP contribution in [0, 0.1) is 5.41 Å². The summed E-state index contributed by atoms with van der Waals surface area (Å²) >= 11 is 0. The number of benzene rings is 1. The van der Waals surface area contributed by atoms with Gasteiger partial charge in [-0.1, -0.05) is 30.3 Å². The van der Waals surface area contributed by atoms with E-state index < -0.39 is 17.8 Å². The zero-order valence-corrected chi connectivity index (χ0v) is 14.2. The molecule has 1 aromatic rings. The second-order valence-electron chi connectivity index (χ2n) is 7.00. The number of hydrogen-bond acceptors (Lipinski definition) is 5. The van der Waals surface area contributed by atoms with Crippen molar-refractivity contribution >= 4 is 5.97 Å². The molecule has 2 rings (SSSR count). The highest BCUT2D eigenvalue weighted by molar-refractivity contribution is 5.75. The Morgan fingerprint density at radius 1 is 1.26 bits per heavy atom. The number of carbonyl (C=O) groups is 1. The Labute approximate surface area is 137 Å². The number of aliphatic hydroxyl groups is 1. The Kier molecular flexibility index (Phi) is 5.79. The molecule has 5 nitrogen and oxygen atoms in total. The van der Waals surface area contributed by atoms with E-state index in [1.807, 2.05) is 37.3 Å². The summed E-state index contributed by atoms with van der Waals surface area (Å²) in [7, 11) is 0. The molecule has 0 radical (unpaired) electrons. The summed E-state index contributed by atoms with van der Waals surface area (Å²) in [5.74, 6) is -0.360. The maximum atomic E-state index is 12.0. The average Bonchev–Trinajstić information content (AvgIpc) is 2.48. The van der Waals surface area contributed by atoms with Crippen molar-refractivity contribution in [1.29, 1.82) is 0 Å². The van der Waals surface area contributed by atoms with Gasteiger partial charge in [-0.25, -0.2) is 0 Å². The fraction of sp³-hybridized carbons (Fsp3) is 0.611. The van der Waals surface area contributed by atoms with Crippen molar-refractivity contribution in [2.24, 2.45) is 5.41 Å². The molecule has 1 saturated heterocycles. The molecule has 0 amide bonds. The predicted octanol–water partition coefficient (Wildman–Crippen LogP) is 2.66. The lowest BCUT2D eigenvalue weighted by Crippen LogP contribution is -2.49. The normalized spacial score (nSPS) is 28.4. The minimum atomic E-state index is -1.12. The van der Waals surface area contributed by atoms with Gasteiger partial charge in [-0.05, 0) is 33.3 Å². The molecule has 1 aliphatic heterocycles. The Morgan fingerprint density at radius 2 is 1.91 bits per heavy atom. The topological polar surface area (TPSA) is 65.0 Å². The standard InChI is InChI=1S/C18H26O5/c1-12-14(21-11-13-8-6-5-7-9-13)10-15(16(19)22-12)23-17(20)18(2,3)4/h5-9,12,14-16,19H,10-11H2,1-4H3/t12-,14+,15-,16-/m1/s1. The summed E-state index contributed by atoms with van der Waals surface area (Å²) in [6.45, 7) is 7.63. The minimum Gasteiger partial charge on any atom is -0.456 e. The van der Waals surface area contributed by atoms with Crippen molar-refractivity contribution in [2.45, 2.75) is 65.3 Å². The first-order valence-electron chi connectivity index (χ1n) is 7.97. The average molecular weight is 322 g/mol. The minimum absolute atomic E-state index is 0.239. The van der Waals surface area contributed by atoms with Crippen molar-refractivity contribution in [2.75, 3.05) is 0 Å². The second-order valence-corrected chi connectivity index (χ2v) is 7.00. The first-order chi connectivity index (χ1) is 10.8. The van der Waals surface area contributed by atoms with E-state index in [1.165, 1.54) is 0 Å². The smallest absolute Gasteiger partial charge is 0.311 e. The van der Waals surface area contributed by atoms with E-state index in [-0.39, 0.29) is 18.2 Å². The molecule has 1 aromatic carbocycles. The van der Waals surface area contributed by atoms with Gasteiger partial charge < -0.3 is 19.3 Å². The van der Waals surface area contributed by atoms with E-state index in [2.05, 4.69) is 0 Å². The highest BCUT2D eigenvalue weighted by Crippen LogP contribution is 2.27. The number of ether oxygens (including phenoxy) is 3. The van der Waals surface area contributed by atoms with Gasteiger partial charge in [-0.2, -0.15) is 0 Å². The fourth-order valence-electron chi connectivity index (χ4n) is 2.33. The van der Waals surface area contributed by atoms with Crippen molar-refractivity contribution in [3.63, 3.8) is 0 Å². The van der Waals surface area contributed by atoms with Crippen LogP contribution in [0.1, 0.15) is 39.7 Å². The van der Waals surface area contributed by atoms with Crippen molar-refractivity contribution < 1.29 is 24.1 Å². The van der Waals surface area contributed by atoms with E-state index in [0.29, 0.717) is 13.0 Å². The molecule has 0 aromatic heterocycles. The van der Waals surface area contributed by atoms with Crippen LogP contribution in [0.25, 0.3) is 0 Å². The van der Waals surface area contributed by atoms with Gasteiger partial charge in [0.15, 0.2) is 12.4 Å². The van der Waals surface area contributed by atoms with E-state index in [0.717, 1.165) is 5.56 Å². The third-order valence-electron chi connectivity index (χ3n) is 3.84. The molecule has 1 heterocycles. The third-order valence-corrected chi connectivity index (χ3v) is 3.84. The fourth-order valence-corrected chi connectivity index (χ4v) is 2.33. The molecule has 0 unspecified atom stereocenters. The first kappa shape index (κ1) is 17.9. The van der Waals surface area contributed by atoms with Crippen LogP contribution in [0.3, 0.4) is 0 Å². The molecule has 4 atom stereocenters. The maximum Gasteiger partial charge on any atom is 0.311 e. The van der Waals surface area contributed by atoms with Crippen LogP contribution in [0.15, 0.2) is 30.3 Å². The molecule has 23 heavy (non-hydrogen) atoms. The van der Waals surface area contributed by atoms with Gasteiger partial charge in [0, 0.05) is 6.42 Å². The molecule has 0 saturated carbocycles. The predicted molar refractivity (Wildman–Crippen MR) is 85.5 cm³/mol. The zero-order valence-electron chi connectivity index (χ0n) is 14.2. The van der Waals surface area contributed by atoms with Gasteiger partial charge in [-0.15, -0.1) is 0 Å². The van der Waals surface area contributed by atoms with Crippen molar-refractivity contribution in [3.8, 4) is 0 Å². The number of rotatable bonds is 4. The van der Waals surface area contributed by atoms with Crippen LogP contribution in [0.2, 0.25) is 0 Å². The van der Waals surface area contributed by atoms with Crippen LogP contribution in [0.5, 0.6) is 0 Å². The summed E-state index contributed by atoms with van der Waals surface area (Å²) in [6, 6.07) is 9.84. The summed E-state index contributed by atoms with van der Waals surface area (Å²) < 4.78 is 16.8. The highest BCUT2D eigenvalue weighted by Gasteiger charge is 2.39. The van der Waals surface area contributed by atoms with Crippen molar-refractivity contribution in [3.05, 3.63) is 35.9 Å². The van der Waals surface area contributed by atoms with Gasteiger partial charge in [0.25, 0.3) is 0 Å². The lowest BCUT2D eigenvalue weighted by atomic mass is 9.96. The Bertz CT molecular complexity index is 508. The molecule has 0 bridgehead atoms. The Morgan fingerprint density at radius 3 is 2.52 bits per heavy atom. The van der Waals surface area contributed by atoms with Gasteiger partial charge in [0.05, 0.1) is 24.2 Å². The van der Waals surface area contributed by atoms with E-state index in [4.69, 9.17) is 14.2 Å². The van der Waals surface area contributed by atoms with Crippen molar-refractivity contribution in [1.82, 2.24) is 0 Å². The monoisotopic (exact) mass is 322 g/mol. The molecule has 1 aliphatic rings. The van der Waals surface area contributed by atoms with E-state index >= 15 is 0 Å². The van der Waals surface area contributed by atoms with Crippen LogP contribution in [0.4, 0.5) is 0 Å². The summed E-state index contributed by atoms with van der Waals surface area (Å²) in [5.41, 5.74) is 0.442. The lowest BCUT2D eigenvalue weighted by molar-refractivity contribution is -0.258. The molecule has 0 aliphatic carbocycles. The van der Waals surface area contributed by atoms with Crippen LogP contribution < -0.4 is 0 Å². The van der Waals surface area contributed by atoms with E-state index in [1.54, 1.807) is 20.8 Å². The van der Waals surface area contributed by atoms with Crippen LogP contribution >= 0.6 is 0 Å². The zero-order chi connectivity index (χ0) is 17.0. The molecule has 1 fully saturated rings. The molecular formula is C18H26O5. The Hall–Kier alpha value is -1.43. The van der Waals surface area contributed by atoms with Crippen LogP contribution in [-0.4, -0.2) is 35.7 Å². The number of carbonyl (C=O) groups excluding carboxylic acids is 1. The van der Waals surface area contributed by atoms with E-state index in [9.17, 15) is 9.90 Å². The summed E-state index contributed by atoms with van der Waals surface area (Å²) in [4.78, 5) is 12.0. The van der Waals surface area contributed by atoms with Gasteiger partial charge in [0.2, 0.25) is 0 Å². The first-order valence-corrected chi connectivity index (χ1v) is 7.97.